The first-order chi connectivity index (χ1) is 6.24. The quantitative estimate of drug-likeness (QED) is 0.766. The molecule has 0 amide bonds. The molecule has 1 aromatic heterocycles. The maximum atomic E-state index is 8.56. The van der Waals surface area contributed by atoms with Crippen LogP contribution in [0.3, 0.4) is 0 Å². The fourth-order valence-corrected chi connectivity index (χ4v) is 1.80. The van der Waals surface area contributed by atoms with Crippen molar-refractivity contribution in [3.63, 3.8) is 0 Å². The van der Waals surface area contributed by atoms with Gasteiger partial charge in [0.05, 0.1) is 17.3 Å². The van der Waals surface area contributed by atoms with Crippen molar-refractivity contribution in [2.75, 3.05) is 13.2 Å². The predicted octanol–water partition coefficient (Wildman–Crippen LogP) is 1.77. The van der Waals surface area contributed by atoms with Crippen LogP contribution in [0.25, 0.3) is 0 Å². The molecule has 0 saturated carbocycles. The Morgan fingerprint density at radius 1 is 1.57 bits per heavy atom. The summed E-state index contributed by atoms with van der Waals surface area (Å²) < 4.78 is 0. The Balaban J connectivity index is 0.00000169. The maximum absolute atomic E-state index is 8.56. The zero-order chi connectivity index (χ0) is 9.68. The van der Waals surface area contributed by atoms with E-state index in [1.807, 2.05) is 0 Å². The number of hydrogen-bond donors (Lipinski definition) is 2. The molecule has 1 heterocycles. The summed E-state index contributed by atoms with van der Waals surface area (Å²) >= 11 is 1.70. The number of nitrogens with one attached hydrogen (secondary N) is 1. The summed E-state index contributed by atoms with van der Waals surface area (Å²) in [5.74, 6) is 0.511. The molecular formula is C9H17ClN2OS. The molecule has 0 atom stereocenters. The molecule has 0 radical (unpaired) electrons. The highest BCUT2D eigenvalue weighted by Crippen LogP contribution is 2.18. The molecule has 82 valence electrons. The van der Waals surface area contributed by atoms with Crippen molar-refractivity contribution < 1.29 is 5.11 Å². The highest BCUT2D eigenvalue weighted by Gasteiger charge is 2.04. The normalized spacial score (nSPS) is 10.3. The molecule has 0 aromatic carbocycles. The maximum Gasteiger partial charge on any atom is 0.0954 e. The molecule has 0 saturated heterocycles. The lowest BCUT2D eigenvalue weighted by molar-refractivity contribution is 0.291. The van der Waals surface area contributed by atoms with Crippen LogP contribution in [0, 0.1) is 0 Å². The van der Waals surface area contributed by atoms with Gasteiger partial charge in [0.25, 0.3) is 0 Å². The molecule has 1 rings (SSSR count). The van der Waals surface area contributed by atoms with Gasteiger partial charge in [-0.25, -0.2) is 4.98 Å². The monoisotopic (exact) mass is 236 g/mol. The number of aliphatic hydroxyl groups excluding tert-OH is 1. The molecular weight excluding hydrogens is 220 g/mol. The molecule has 0 bridgehead atoms. The van der Waals surface area contributed by atoms with Crippen molar-refractivity contribution in [3.8, 4) is 0 Å². The van der Waals surface area contributed by atoms with Gasteiger partial charge in [0.2, 0.25) is 0 Å². The summed E-state index contributed by atoms with van der Waals surface area (Å²) in [6.07, 6.45) is 0. The topological polar surface area (TPSA) is 45.2 Å². The third-order valence-corrected chi connectivity index (χ3v) is 2.85. The lowest BCUT2D eigenvalue weighted by atomic mass is 10.2. The average molecular weight is 237 g/mol. The van der Waals surface area contributed by atoms with Crippen LogP contribution in [0.5, 0.6) is 0 Å². The minimum absolute atomic E-state index is 0. The second kappa shape index (κ2) is 7.17. The fourth-order valence-electron chi connectivity index (χ4n) is 0.965. The van der Waals surface area contributed by atoms with Gasteiger partial charge in [-0.05, 0) is 0 Å². The summed E-state index contributed by atoms with van der Waals surface area (Å²) in [4.78, 5) is 4.46. The Morgan fingerprint density at radius 3 is 2.79 bits per heavy atom. The molecule has 0 fully saturated rings. The molecule has 0 aliphatic heterocycles. The first-order valence-electron chi connectivity index (χ1n) is 4.50. The van der Waals surface area contributed by atoms with Gasteiger partial charge in [0.15, 0.2) is 0 Å². The Morgan fingerprint density at radius 2 is 2.29 bits per heavy atom. The summed E-state index contributed by atoms with van der Waals surface area (Å²) in [6.45, 7) is 5.85. The zero-order valence-corrected chi connectivity index (χ0v) is 10.1. The second-order valence-corrected chi connectivity index (χ2v) is 4.12. The molecule has 0 aliphatic carbocycles. The zero-order valence-electron chi connectivity index (χ0n) is 8.49. The number of halogens is 1. The van der Waals surface area contributed by atoms with Crippen molar-refractivity contribution in [2.45, 2.75) is 26.3 Å². The molecule has 0 spiro atoms. The molecule has 1 aromatic rings. The smallest absolute Gasteiger partial charge is 0.0954 e. The number of nitrogens with zero attached hydrogens (tertiary/aromatic N) is 1. The van der Waals surface area contributed by atoms with Crippen LogP contribution in [0.15, 0.2) is 5.38 Å². The van der Waals surface area contributed by atoms with Crippen molar-refractivity contribution in [3.05, 3.63) is 16.1 Å². The van der Waals surface area contributed by atoms with E-state index in [-0.39, 0.29) is 19.0 Å². The highest BCUT2D eigenvalue weighted by atomic mass is 35.5. The van der Waals surface area contributed by atoms with E-state index in [1.165, 1.54) is 5.01 Å². The van der Waals surface area contributed by atoms with Crippen LogP contribution in [-0.2, 0) is 6.54 Å². The van der Waals surface area contributed by atoms with E-state index in [1.54, 1.807) is 11.3 Å². The van der Waals surface area contributed by atoms with E-state index in [0.29, 0.717) is 12.5 Å². The first-order valence-corrected chi connectivity index (χ1v) is 5.38. The average Bonchev–Trinajstić information content (AvgIpc) is 2.53. The van der Waals surface area contributed by atoms with Gasteiger partial charge in [-0.1, -0.05) is 13.8 Å². The minimum Gasteiger partial charge on any atom is -0.395 e. The van der Waals surface area contributed by atoms with E-state index >= 15 is 0 Å². The van der Waals surface area contributed by atoms with Gasteiger partial charge in [-0.2, -0.15) is 0 Å². The van der Waals surface area contributed by atoms with Crippen LogP contribution in [0.4, 0.5) is 0 Å². The van der Waals surface area contributed by atoms with Crippen LogP contribution in [0.2, 0.25) is 0 Å². The lowest BCUT2D eigenvalue weighted by Gasteiger charge is -1.99. The SMILES string of the molecule is CC(C)c1nc(CNCCO)cs1.Cl. The molecule has 5 heteroatoms. The van der Waals surface area contributed by atoms with E-state index in [2.05, 4.69) is 29.5 Å². The number of rotatable bonds is 5. The van der Waals surface area contributed by atoms with Crippen molar-refractivity contribution >= 4 is 23.7 Å². The molecule has 2 N–H and O–H groups in total. The molecule has 14 heavy (non-hydrogen) atoms. The van der Waals surface area contributed by atoms with Gasteiger partial charge in [-0.3, -0.25) is 0 Å². The second-order valence-electron chi connectivity index (χ2n) is 3.23. The van der Waals surface area contributed by atoms with Gasteiger partial charge in [0.1, 0.15) is 0 Å². The molecule has 3 nitrogen and oxygen atoms in total. The summed E-state index contributed by atoms with van der Waals surface area (Å²) in [7, 11) is 0. The summed E-state index contributed by atoms with van der Waals surface area (Å²) in [5.41, 5.74) is 1.07. The van der Waals surface area contributed by atoms with Crippen LogP contribution >= 0.6 is 23.7 Å². The number of hydrogen-bond acceptors (Lipinski definition) is 4. The Kier molecular flexibility index (Phi) is 7.09. The van der Waals surface area contributed by atoms with Crippen LogP contribution in [-0.4, -0.2) is 23.2 Å². The Hall–Kier alpha value is -0.160. The fraction of sp³-hybridized carbons (Fsp3) is 0.667. The number of thiazole rings is 1. The third-order valence-electron chi connectivity index (χ3n) is 1.66. The Labute approximate surface area is 95.0 Å². The summed E-state index contributed by atoms with van der Waals surface area (Å²) in [6, 6.07) is 0. The van der Waals surface area contributed by atoms with Crippen molar-refractivity contribution in [1.82, 2.24) is 10.3 Å². The van der Waals surface area contributed by atoms with Crippen LogP contribution < -0.4 is 5.32 Å². The van der Waals surface area contributed by atoms with Crippen LogP contribution in [0.1, 0.15) is 30.5 Å². The lowest BCUT2D eigenvalue weighted by Crippen LogP contribution is -2.17. The third kappa shape index (κ3) is 4.37. The van der Waals surface area contributed by atoms with E-state index < -0.39 is 0 Å². The predicted molar refractivity (Wildman–Crippen MR) is 62.2 cm³/mol. The standard InChI is InChI=1S/C9H16N2OS.ClH/c1-7(2)9-11-8(6-13-9)5-10-3-4-12;/h6-7,10,12H,3-5H2,1-2H3;1H. The minimum atomic E-state index is 0. The van der Waals surface area contributed by atoms with E-state index in [4.69, 9.17) is 5.11 Å². The Bertz CT molecular complexity index is 253. The van der Waals surface area contributed by atoms with E-state index in [0.717, 1.165) is 12.2 Å². The number of aliphatic hydroxyl groups is 1. The van der Waals surface area contributed by atoms with Gasteiger partial charge in [0, 0.05) is 24.4 Å². The van der Waals surface area contributed by atoms with E-state index in [9.17, 15) is 0 Å². The first kappa shape index (κ1) is 13.8. The highest BCUT2D eigenvalue weighted by molar-refractivity contribution is 7.09. The van der Waals surface area contributed by atoms with Gasteiger partial charge >= 0.3 is 0 Å². The van der Waals surface area contributed by atoms with Gasteiger partial charge < -0.3 is 10.4 Å². The molecule has 0 aliphatic rings. The number of aromatic nitrogens is 1. The van der Waals surface area contributed by atoms with Crippen molar-refractivity contribution in [2.24, 2.45) is 0 Å². The molecule has 0 unspecified atom stereocenters. The van der Waals surface area contributed by atoms with Gasteiger partial charge in [-0.15, -0.1) is 23.7 Å². The largest absolute Gasteiger partial charge is 0.395 e. The summed E-state index contributed by atoms with van der Waals surface area (Å²) in [5, 5.41) is 14.9. The van der Waals surface area contributed by atoms with Crippen molar-refractivity contribution in [1.29, 1.82) is 0 Å².